The molecule has 2 aliphatic rings. The Kier molecular flexibility index (Phi) is 5.59. The van der Waals surface area contributed by atoms with Gasteiger partial charge in [-0.2, -0.15) is 0 Å². The van der Waals surface area contributed by atoms with Crippen molar-refractivity contribution < 1.29 is 0 Å². The third-order valence-electron chi connectivity index (χ3n) is 11.7. The minimum absolute atomic E-state index is 1.22. The third kappa shape index (κ3) is 3.87. The van der Waals surface area contributed by atoms with Crippen molar-refractivity contribution in [2.75, 3.05) is 0 Å². The van der Waals surface area contributed by atoms with E-state index >= 15 is 0 Å². The van der Waals surface area contributed by atoms with Crippen molar-refractivity contribution in [2.24, 2.45) is 0 Å². The van der Waals surface area contributed by atoms with Crippen LogP contribution in [0.3, 0.4) is 0 Å². The summed E-state index contributed by atoms with van der Waals surface area (Å²) in [6.07, 6.45) is 0. The van der Waals surface area contributed by atoms with Crippen molar-refractivity contribution in [3.05, 3.63) is 182 Å². The smallest absolute Gasteiger partial charge is 0.00197 e. The molecule has 0 spiro atoms. The first-order valence-electron chi connectivity index (χ1n) is 18.2. The highest BCUT2D eigenvalue weighted by atomic mass is 14.3. The van der Waals surface area contributed by atoms with Crippen molar-refractivity contribution >= 4 is 43.1 Å². The third-order valence-corrected chi connectivity index (χ3v) is 11.7. The molecule has 0 aliphatic heterocycles. The summed E-state index contributed by atoms with van der Waals surface area (Å²) in [5.41, 5.74) is 18.1. The quantitative estimate of drug-likeness (QED) is 0.166. The number of hydrogen-bond donors (Lipinski definition) is 0. The zero-order valence-corrected chi connectivity index (χ0v) is 28.3. The lowest BCUT2D eigenvalue weighted by molar-refractivity contribution is 1.58. The molecule has 0 heterocycles. The summed E-state index contributed by atoms with van der Waals surface area (Å²) in [6.45, 7) is 0. The van der Waals surface area contributed by atoms with Crippen LogP contribution < -0.4 is 0 Å². The maximum atomic E-state index is 2.40. The van der Waals surface area contributed by atoms with E-state index in [1.165, 1.54) is 121 Å². The van der Waals surface area contributed by atoms with Gasteiger partial charge in [0, 0.05) is 0 Å². The Hall–Kier alpha value is -6.76. The maximum absolute atomic E-state index is 2.40. The van der Waals surface area contributed by atoms with Gasteiger partial charge in [0.15, 0.2) is 0 Å². The van der Waals surface area contributed by atoms with E-state index < -0.39 is 0 Å². The number of rotatable bonds is 3. The topological polar surface area (TPSA) is 0 Å². The predicted molar refractivity (Wildman–Crippen MR) is 222 cm³/mol. The van der Waals surface area contributed by atoms with Crippen LogP contribution in [-0.4, -0.2) is 0 Å². The second-order valence-electron chi connectivity index (χ2n) is 14.4. The first kappa shape index (κ1) is 28.0. The highest BCUT2D eigenvalue weighted by molar-refractivity contribution is 6.28. The minimum atomic E-state index is 1.22. The second kappa shape index (κ2) is 10.4. The standard InChI is InChI=1S/C52H30/c1-2-9-42-41(8-1)45-12-5-13-47-51-39(30-49(42)52(45)47)23-22-38-28-36(24-26-40(38)51)33-18-14-31(15-19-33)32-16-20-34(21-17-32)37-25-27-43-44-10-3-6-35-7-4-11-46(50(35)44)48(43)29-37/h1-30H. The van der Waals surface area contributed by atoms with Gasteiger partial charge in [-0.15, -0.1) is 0 Å². The van der Waals surface area contributed by atoms with Crippen molar-refractivity contribution in [3.63, 3.8) is 0 Å². The molecule has 0 saturated heterocycles. The van der Waals surface area contributed by atoms with Crippen LogP contribution in [-0.2, 0) is 0 Å². The molecule has 0 aromatic heterocycles. The molecule has 0 atom stereocenters. The van der Waals surface area contributed by atoms with Gasteiger partial charge in [-0.25, -0.2) is 0 Å². The molecular weight excluding hydrogens is 625 g/mol. The fourth-order valence-corrected chi connectivity index (χ4v) is 9.30. The van der Waals surface area contributed by atoms with E-state index in [9.17, 15) is 0 Å². The normalized spacial score (nSPS) is 12.2. The lowest BCUT2D eigenvalue weighted by Crippen LogP contribution is -1.85. The molecule has 10 aromatic rings. The Morgan fingerprint density at radius 1 is 0.192 bits per heavy atom. The summed E-state index contributed by atoms with van der Waals surface area (Å²) in [5.74, 6) is 0. The monoisotopic (exact) mass is 654 g/mol. The molecule has 2 aliphatic carbocycles. The van der Waals surface area contributed by atoms with E-state index in [2.05, 4.69) is 182 Å². The Balaban J connectivity index is 0.862. The van der Waals surface area contributed by atoms with Crippen LogP contribution in [0.2, 0.25) is 0 Å². The molecule has 0 saturated carbocycles. The van der Waals surface area contributed by atoms with Crippen molar-refractivity contribution in [3.8, 4) is 77.9 Å². The molecule has 0 unspecified atom stereocenters. The summed E-state index contributed by atoms with van der Waals surface area (Å²) in [5, 5.41) is 10.6. The second-order valence-corrected chi connectivity index (χ2v) is 14.4. The van der Waals surface area contributed by atoms with E-state index in [1.54, 1.807) is 0 Å². The highest BCUT2D eigenvalue weighted by Gasteiger charge is 2.23. The van der Waals surface area contributed by atoms with E-state index in [1.807, 2.05) is 0 Å². The summed E-state index contributed by atoms with van der Waals surface area (Å²) in [7, 11) is 0. The van der Waals surface area contributed by atoms with Crippen LogP contribution in [0.4, 0.5) is 0 Å². The van der Waals surface area contributed by atoms with Crippen molar-refractivity contribution in [1.82, 2.24) is 0 Å². The van der Waals surface area contributed by atoms with Gasteiger partial charge in [-0.05, 0) is 139 Å². The largest absolute Gasteiger partial charge is 0.0616 e. The molecule has 0 nitrogen and oxygen atoms in total. The van der Waals surface area contributed by atoms with E-state index in [-0.39, 0.29) is 0 Å². The summed E-state index contributed by atoms with van der Waals surface area (Å²) < 4.78 is 0. The van der Waals surface area contributed by atoms with Crippen LogP contribution in [0.15, 0.2) is 182 Å². The van der Waals surface area contributed by atoms with Crippen molar-refractivity contribution in [1.29, 1.82) is 0 Å². The van der Waals surface area contributed by atoms with Crippen LogP contribution >= 0.6 is 0 Å². The molecule has 0 fully saturated rings. The fourth-order valence-electron chi connectivity index (χ4n) is 9.30. The summed E-state index contributed by atoms with van der Waals surface area (Å²) >= 11 is 0. The zero-order valence-electron chi connectivity index (χ0n) is 28.3. The molecule has 0 heteroatoms. The minimum Gasteiger partial charge on any atom is -0.0616 e. The Bertz CT molecular complexity index is 3140. The first-order valence-corrected chi connectivity index (χ1v) is 18.2. The van der Waals surface area contributed by atoms with Gasteiger partial charge in [-0.3, -0.25) is 0 Å². The van der Waals surface area contributed by atoms with Crippen molar-refractivity contribution in [2.45, 2.75) is 0 Å². The molecule has 0 bridgehead atoms. The Labute approximate surface area is 301 Å². The molecule has 12 rings (SSSR count). The lowest BCUT2D eigenvalue weighted by atomic mass is 9.91. The van der Waals surface area contributed by atoms with Crippen LogP contribution in [0.5, 0.6) is 0 Å². The average molecular weight is 655 g/mol. The first-order chi connectivity index (χ1) is 25.8. The zero-order chi connectivity index (χ0) is 33.9. The number of benzene rings is 10. The Morgan fingerprint density at radius 2 is 0.692 bits per heavy atom. The predicted octanol–water partition coefficient (Wildman–Crippen LogP) is 14.6. The number of hydrogen-bond acceptors (Lipinski definition) is 0. The number of fused-ring (bicyclic) bond motifs is 10. The molecule has 0 radical (unpaired) electrons. The van der Waals surface area contributed by atoms with Gasteiger partial charge in [-0.1, -0.05) is 164 Å². The van der Waals surface area contributed by atoms with E-state index in [0.29, 0.717) is 0 Å². The Morgan fingerprint density at radius 3 is 1.40 bits per heavy atom. The van der Waals surface area contributed by atoms with Gasteiger partial charge in [0.2, 0.25) is 0 Å². The maximum Gasteiger partial charge on any atom is -0.00197 e. The molecule has 52 heavy (non-hydrogen) atoms. The van der Waals surface area contributed by atoms with E-state index in [4.69, 9.17) is 0 Å². The SMILES string of the molecule is c1ccc2c(c1)-c1cccc3c1c-2cc1ccc2cc(-c4ccc(-c5ccc(-c6ccc7c(c6)-c6cccc8cccc-7c68)cc5)cc4)ccc2c13. The van der Waals surface area contributed by atoms with Gasteiger partial charge in [0.1, 0.15) is 0 Å². The average Bonchev–Trinajstić information content (AvgIpc) is 3.71. The molecule has 238 valence electrons. The molecule has 10 aromatic carbocycles. The molecule has 0 amide bonds. The van der Waals surface area contributed by atoms with Crippen LogP contribution in [0.25, 0.3) is 121 Å². The summed E-state index contributed by atoms with van der Waals surface area (Å²) in [4.78, 5) is 0. The summed E-state index contributed by atoms with van der Waals surface area (Å²) in [6, 6.07) is 67.9. The highest BCUT2D eigenvalue weighted by Crippen LogP contribution is 2.51. The fraction of sp³-hybridized carbons (Fsp3) is 0. The van der Waals surface area contributed by atoms with Crippen LogP contribution in [0.1, 0.15) is 0 Å². The lowest BCUT2D eigenvalue weighted by Gasteiger charge is -2.12. The molecular formula is C52H30. The van der Waals surface area contributed by atoms with Gasteiger partial charge < -0.3 is 0 Å². The molecule has 0 N–H and O–H groups in total. The van der Waals surface area contributed by atoms with Gasteiger partial charge >= 0.3 is 0 Å². The van der Waals surface area contributed by atoms with E-state index in [0.717, 1.165) is 0 Å². The van der Waals surface area contributed by atoms with Gasteiger partial charge in [0.05, 0.1) is 0 Å². The van der Waals surface area contributed by atoms with Crippen LogP contribution in [0, 0.1) is 0 Å². The van der Waals surface area contributed by atoms with Gasteiger partial charge in [0.25, 0.3) is 0 Å².